The average Bonchev–Trinajstić information content (AvgIpc) is 2.94. The van der Waals surface area contributed by atoms with E-state index in [-0.39, 0.29) is 5.56 Å². The lowest BCUT2D eigenvalue weighted by atomic mass is 9.98. The minimum Gasteiger partial charge on any atom is -0.384 e. The molecule has 2 aliphatic rings. The van der Waals surface area contributed by atoms with E-state index in [2.05, 4.69) is 63.9 Å². The van der Waals surface area contributed by atoms with Crippen LogP contribution in [0.2, 0.25) is 0 Å². The normalized spacial score (nSPS) is 16.9. The topological polar surface area (TPSA) is 63.7 Å². The standard InChI is InChI=1S/C32H39N5O/c1-4-33-32(30-20-27(18-23(2)24(30)3)26-9-11-31(38)35-21-26)37-16-12-25-8-10-29(19-28(25)22-37)34-13-17-36-14-6-5-7-15-36/h4,8-11,18-21,34H,3,5-7,12-17,22H2,1-2H3,(H,35,38)/b32-30+,33-4-. The second-order valence-electron chi connectivity index (χ2n) is 10.5. The third-order valence-electron chi connectivity index (χ3n) is 7.81. The third-order valence-corrected chi connectivity index (χ3v) is 7.81. The van der Waals surface area contributed by atoms with E-state index < -0.39 is 0 Å². The predicted octanol–water partition coefficient (Wildman–Crippen LogP) is 3.87. The van der Waals surface area contributed by atoms with E-state index in [1.54, 1.807) is 12.3 Å². The maximum Gasteiger partial charge on any atom is 0.247 e. The zero-order chi connectivity index (χ0) is 26.5. The molecule has 0 atom stereocenters. The molecule has 2 aromatic carbocycles. The van der Waals surface area contributed by atoms with E-state index in [4.69, 9.17) is 4.99 Å². The van der Waals surface area contributed by atoms with Crippen LogP contribution in [-0.4, -0.2) is 53.7 Å². The van der Waals surface area contributed by atoms with Crippen molar-refractivity contribution >= 4 is 24.3 Å². The van der Waals surface area contributed by atoms with Gasteiger partial charge in [-0.25, -0.2) is 4.99 Å². The number of aliphatic imine (C=N–C) groups is 1. The van der Waals surface area contributed by atoms with Gasteiger partial charge >= 0.3 is 0 Å². The van der Waals surface area contributed by atoms with E-state index in [9.17, 15) is 4.79 Å². The van der Waals surface area contributed by atoms with Crippen LogP contribution < -0.4 is 21.3 Å². The molecule has 2 N–H and O–H groups in total. The van der Waals surface area contributed by atoms with Gasteiger partial charge in [-0.15, -0.1) is 0 Å². The number of piperidine rings is 1. The lowest BCUT2D eigenvalue weighted by molar-refractivity contribution is 0.237. The number of aromatic amines is 1. The Labute approximate surface area is 225 Å². The number of hydrogen-bond acceptors (Lipinski definition) is 5. The largest absolute Gasteiger partial charge is 0.384 e. The smallest absolute Gasteiger partial charge is 0.247 e. The van der Waals surface area contributed by atoms with Crippen LogP contribution in [0.15, 0.2) is 58.4 Å². The van der Waals surface area contributed by atoms with Crippen molar-refractivity contribution in [2.24, 2.45) is 4.99 Å². The summed E-state index contributed by atoms with van der Waals surface area (Å²) in [5.41, 5.74) is 6.97. The second-order valence-corrected chi connectivity index (χ2v) is 10.5. The molecular weight excluding hydrogens is 470 g/mol. The number of pyridine rings is 1. The lowest BCUT2D eigenvalue weighted by Gasteiger charge is -2.31. The fraction of sp³-hybridized carbons (Fsp3) is 0.375. The van der Waals surface area contributed by atoms with Gasteiger partial charge in [-0.3, -0.25) is 4.79 Å². The number of nitrogens with zero attached hydrogens (tertiary/aromatic N) is 3. The molecule has 3 aromatic rings. The van der Waals surface area contributed by atoms with Crippen molar-refractivity contribution in [2.45, 2.75) is 46.1 Å². The van der Waals surface area contributed by atoms with E-state index in [1.807, 2.05) is 19.2 Å². The highest BCUT2D eigenvalue weighted by molar-refractivity contribution is 5.67. The number of aryl methyl sites for hydroxylation is 1. The maximum absolute atomic E-state index is 11.6. The summed E-state index contributed by atoms with van der Waals surface area (Å²) in [7, 11) is 0. The van der Waals surface area contributed by atoms with Gasteiger partial charge in [0, 0.05) is 55.6 Å². The molecule has 0 amide bonds. The van der Waals surface area contributed by atoms with Gasteiger partial charge in [-0.1, -0.05) is 25.1 Å². The van der Waals surface area contributed by atoms with E-state index >= 15 is 0 Å². The number of nitrogens with one attached hydrogen (secondary N) is 2. The first-order valence-corrected chi connectivity index (χ1v) is 13.9. The number of aromatic nitrogens is 1. The number of H-pyrrole nitrogens is 1. The lowest BCUT2D eigenvalue weighted by Crippen LogP contribution is -2.37. The zero-order valence-electron chi connectivity index (χ0n) is 22.7. The van der Waals surface area contributed by atoms with E-state index in [0.29, 0.717) is 0 Å². The SMILES string of the molecule is C=c1c(C)cc(-c2ccc(=O)[nH]c2)c/c1=C(/N=C\C)N1CCc2ccc(NCCN3CCCCC3)cc2C1. The molecule has 0 bridgehead atoms. The highest BCUT2D eigenvalue weighted by Gasteiger charge is 2.20. The Balaban J connectivity index is 1.42. The third kappa shape index (κ3) is 5.91. The molecular formula is C32H39N5O. The number of fused-ring (bicyclic) bond motifs is 1. The second kappa shape index (κ2) is 11.8. The molecule has 2 aliphatic heterocycles. The van der Waals surface area contributed by atoms with Gasteiger partial charge in [-0.2, -0.15) is 0 Å². The van der Waals surface area contributed by atoms with Crippen LogP contribution in [0.3, 0.4) is 0 Å². The Hall–Kier alpha value is -3.64. The summed E-state index contributed by atoms with van der Waals surface area (Å²) < 4.78 is 0. The van der Waals surface area contributed by atoms with Crippen LogP contribution in [0, 0.1) is 6.92 Å². The predicted molar refractivity (Wildman–Crippen MR) is 159 cm³/mol. The Bertz CT molecular complexity index is 1460. The van der Waals surface area contributed by atoms with Gasteiger partial charge in [0.15, 0.2) is 0 Å². The number of hydrogen-bond donors (Lipinski definition) is 2. The highest BCUT2D eigenvalue weighted by Crippen LogP contribution is 2.26. The van der Waals surface area contributed by atoms with E-state index in [0.717, 1.165) is 65.5 Å². The molecule has 0 spiro atoms. The van der Waals surface area contributed by atoms with Gasteiger partial charge in [0.25, 0.3) is 0 Å². The fourth-order valence-corrected chi connectivity index (χ4v) is 5.61. The molecule has 1 aromatic heterocycles. The van der Waals surface area contributed by atoms with Crippen LogP contribution in [0.25, 0.3) is 23.5 Å². The maximum atomic E-state index is 11.6. The Kier molecular flexibility index (Phi) is 8.08. The van der Waals surface area contributed by atoms with Crippen LogP contribution in [0.5, 0.6) is 0 Å². The van der Waals surface area contributed by atoms with Crippen molar-refractivity contribution in [1.82, 2.24) is 14.8 Å². The molecule has 6 nitrogen and oxygen atoms in total. The van der Waals surface area contributed by atoms with Crippen LogP contribution >= 0.6 is 0 Å². The van der Waals surface area contributed by atoms with Crippen molar-refractivity contribution in [3.63, 3.8) is 0 Å². The zero-order valence-corrected chi connectivity index (χ0v) is 22.7. The van der Waals surface area contributed by atoms with Crippen molar-refractivity contribution < 1.29 is 0 Å². The fourth-order valence-electron chi connectivity index (χ4n) is 5.61. The molecule has 3 heterocycles. The van der Waals surface area contributed by atoms with Gasteiger partial charge in [-0.05, 0) is 104 Å². The van der Waals surface area contributed by atoms with Gasteiger partial charge in [0.05, 0.1) is 0 Å². The minimum atomic E-state index is -0.102. The summed E-state index contributed by atoms with van der Waals surface area (Å²) >= 11 is 0. The van der Waals surface area contributed by atoms with Crippen molar-refractivity contribution in [1.29, 1.82) is 0 Å². The molecule has 6 heteroatoms. The quantitative estimate of drug-likeness (QED) is 0.475. The first kappa shape index (κ1) is 26.0. The Morgan fingerprint density at radius 1 is 1.05 bits per heavy atom. The molecule has 0 saturated carbocycles. The van der Waals surface area contributed by atoms with Crippen molar-refractivity contribution in [2.75, 3.05) is 38.0 Å². The number of likely N-dealkylation sites (tertiary alicyclic amines) is 1. The van der Waals surface area contributed by atoms with Crippen molar-refractivity contribution in [3.8, 4) is 11.1 Å². The van der Waals surface area contributed by atoms with E-state index in [1.165, 1.54) is 49.2 Å². The molecule has 0 radical (unpaired) electrons. The summed E-state index contributed by atoms with van der Waals surface area (Å²) in [6.45, 7) is 14.7. The summed E-state index contributed by atoms with van der Waals surface area (Å²) in [6.07, 6.45) is 8.65. The number of rotatable bonds is 7. The molecule has 198 valence electrons. The summed E-state index contributed by atoms with van der Waals surface area (Å²) in [5.74, 6) is 0.945. The molecule has 0 unspecified atom stereocenters. The first-order chi connectivity index (χ1) is 18.5. The molecule has 0 aliphatic carbocycles. The summed E-state index contributed by atoms with van der Waals surface area (Å²) in [5, 5.41) is 5.67. The Morgan fingerprint density at radius 3 is 2.66 bits per heavy atom. The molecule has 5 rings (SSSR count). The van der Waals surface area contributed by atoms with Crippen LogP contribution in [0.4, 0.5) is 5.69 Å². The summed E-state index contributed by atoms with van der Waals surface area (Å²) in [4.78, 5) is 24.2. The summed E-state index contributed by atoms with van der Waals surface area (Å²) in [6, 6.07) is 14.5. The first-order valence-electron chi connectivity index (χ1n) is 13.9. The molecule has 38 heavy (non-hydrogen) atoms. The number of anilines is 1. The highest BCUT2D eigenvalue weighted by atomic mass is 16.1. The van der Waals surface area contributed by atoms with Gasteiger partial charge in [0.2, 0.25) is 5.56 Å². The molecule has 1 saturated heterocycles. The average molecular weight is 510 g/mol. The monoisotopic (exact) mass is 509 g/mol. The van der Waals surface area contributed by atoms with Gasteiger partial charge < -0.3 is 20.1 Å². The molecule has 1 fully saturated rings. The van der Waals surface area contributed by atoms with Gasteiger partial charge in [0.1, 0.15) is 5.82 Å². The Morgan fingerprint density at radius 2 is 1.89 bits per heavy atom. The van der Waals surface area contributed by atoms with Crippen molar-refractivity contribution in [3.05, 3.63) is 86.1 Å². The number of benzene rings is 2. The van der Waals surface area contributed by atoms with Crippen LogP contribution in [-0.2, 0) is 13.0 Å². The van der Waals surface area contributed by atoms with Crippen LogP contribution in [0.1, 0.15) is 42.9 Å². The minimum absolute atomic E-state index is 0.102.